The molecule has 1 atom stereocenters. The van der Waals surface area contributed by atoms with E-state index in [9.17, 15) is 5.11 Å². The minimum atomic E-state index is -0.372. The Balaban J connectivity index is 1.43. The molecular weight excluding hydrogens is 445 g/mol. The van der Waals surface area contributed by atoms with Gasteiger partial charge in [-0.3, -0.25) is 4.90 Å². The standard InChI is InChI=1S/C31H38BNO3/c1-21-26(24-15-13-23(14-16-24)19-33-18-17-25(34)20-33)9-7-10-27(21)28-11-8-12-29(22(28)2)32-35-30(3,4)31(5,6)36-32/h7-16,25,34H,17-20H2,1-6H3/t25-/m1/s1. The summed E-state index contributed by atoms with van der Waals surface area (Å²) in [7, 11) is -0.372. The maximum Gasteiger partial charge on any atom is 0.495 e. The Morgan fingerprint density at radius 2 is 1.42 bits per heavy atom. The highest BCUT2D eigenvalue weighted by atomic mass is 16.7. The lowest BCUT2D eigenvalue weighted by Crippen LogP contribution is -2.41. The second-order valence-electron chi connectivity index (χ2n) is 11.5. The predicted octanol–water partition coefficient (Wildman–Crippen LogP) is 5.50. The van der Waals surface area contributed by atoms with Crippen LogP contribution >= 0.6 is 0 Å². The topological polar surface area (TPSA) is 41.9 Å². The third-order valence-electron chi connectivity index (χ3n) is 8.43. The predicted molar refractivity (Wildman–Crippen MR) is 148 cm³/mol. The van der Waals surface area contributed by atoms with Crippen LogP contribution in [-0.4, -0.2) is 47.5 Å². The van der Waals surface area contributed by atoms with Gasteiger partial charge in [0.15, 0.2) is 0 Å². The minimum Gasteiger partial charge on any atom is -0.399 e. The van der Waals surface area contributed by atoms with E-state index in [1.54, 1.807) is 0 Å². The van der Waals surface area contributed by atoms with Crippen LogP contribution in [0.5, 0.6) is 0 Å². The fourth-order valence-electron chi connectivity index (χ4n) is 5.41. The van der Waals surface area contributed by atoms with Gasteiger partial charge < -0.3 is 14.4 Å². The van der Waals surface area contributed by atoms with E-state index in [1.165, 1.54) is 38.9 Å². The van der Waals surface area contributed by atoms with E-state index in [1.807, 2.05) is 0 Å². The van der Waals surface area contributed by atoms with E-state index >= 15 is 0 Å². The molecule has 3 aromatic carbocycles. The summed E-state index contributed by atoms with van der Waals surface area (Å²) >= 11 is 0. The Morgan fingerprint density at radius 3 is 2.03 bits per heavy atom. The first-order valence-electron chi connectivity index (χ1n) is 13.1. The van der Waals surface area contributed by atoms with Crippen molar-refractivity contribution < 1.29 is 14.4 Å². The lowest BCUT2D eigenvalue weighted by Gasteiger charge is -2.32. The molecule has 0 aliphatic carbocycles. The van der Waals surface area contributed by atoms with Gasteiger partial charge in [-0.25, -0.2) is 0 Å². The number of aliphatic hydroxyl groups is 1. The van der Waals surface area contributed by atoms with Crippen molar-refractivity contribution in [2.24, 2.45) is 0 Å². The van der Waals surface area contributed by atoms with Gasteiger partial charge in [0.1, 0.15) is 0 Å². The number of nitrogens with zero attached hydrogens (tertiary/aromatic N) is 1. The number of rotatable bonds is 5. The molecule has 2 aliphatic heterocycles. The molecule has 0 spiro atoms. The highest BCUT2D eigenvalue weighted by Gasteiger charge is 2.52. The minimum absolute atomic E-state index is 0.179. The smallest absolute Gasteiger partial charge is 0.399 e. The number of likely N-dealkylation sites (tertiary alicyclic amines) is 1. The van der Waals surface area contributed by atoms with E-state index in [0.29, 0.717) is 0 Å². The van der Waals surface area contributed by atoms with E-state index in [0.717, 1.165) is 31.5 Å². The van der Waals surface area contributed by atoms with Crippen LogP contribution in [0.25, 0.3) is 22.3 Å². The highest BCUT2D eigenvalue weighted by Crippen LogP contribution is 2.38. The molecule has 1 N–H and O–H groups in total. The third kappa shape index (κ3) is 4.66. The Labute approximate surface area is 216 Å². The van der Waals surface area contributed by atoms with Crippen molar-refractivity contribution >= 4 is 12.6 Å². The zero-order valence-electron chi connectivity index (χ0n) is 22.5. The SMILES string of the molecule is Cc1c(B2OC(C)(C)C(C)(C)O2)cccc1-c1cccc(-c2ccc(CN3CC[C@@H](O)C3)cc2)c1C. The summed E-state index contributed by atoms with van der Waals surface area (Å²) in [5.41, 5.74) is 9.02. The van der Waals surface area contributed by atoms with Crippen molar-refractivity contribution in [3.8, 4) is 22.3 Å². The molecular formula is C31H38BNO3. The Morgan fingerprint density at radius 1 is 0.833 bits per heavy atom. The molecule has 5 rings (SSSR count). The van der Waals surface area contributed by atoms with Gasteiger partial charge in [-0.15, -0.1) is 0 Å². The summed E-state index contributed by atoms with van der Waals surface area (Å²) in [4.78, 5) is 2.32. The van der Waals surface area contributed by atoms with Crippen LogP contribution in [0.4, 0.5) is 0 Å². The molecule has 2 saturated heterocycles. The molecule has 2 aliphatic rings. The molecule has 2 fully saturated rings. The maximum atomic E-state index is 9.81. The van der Waals surface area contributed by atoms with Gasteiger partial charge in [-0.2, -0.15) is 0 Å². The van der Waals surface area contributed by atoms with Crippen molar-refractivity contribution in [1.29, 1.82) is 0 Å². The van der Waals surface area contributed by atoms with Gasteiger partial charge in [0.05, 0.1) is 17.3 Å². The first-order chi connectivity index (χ1) is 17.1. The van der Waals surface area contributed by atoms with E-state index in [2.05, 4.69) is 107 Å². The largest absolute Gasteiger partial charge is 0.495 e. The Hall–Kier alpha value is -2.44. The number of benzene rings is 3. The van der Waals surface area contributed by atoms with Crippen LogP contribution in [-0.2, 0) is 15.9 Å². The summed E-state index contributed by atoms with van der Waals surface area (Å²) in [5, 5.41) is 9.81. The fourth-order valence-corrected chi connectivity index (χ4v) is 5.41. The van der Waals surface area contributed by atoms with Gasteiger partial charge in [0, 0.05) is 19.6 Å². The quantitative estimate of drug-likeness (QED) is 0.487. The second-order valence-corrected chi connectivity index (χ2v) is 11.5. The molecule has 0 amide bonds. The van der Waals surface area contributed by atoms with Crippen molar-refractivity contribution in [2.45, 2.75) is 71.8 Å². The maximum absolute atomic E-state index is 9.81. The van der Waals surface area contributed by atoms with Crippen LogP contribution in [0.2, 0.25) is 0 Å². The summed E-state index contributed by atoms with van der Waals surface area (Å²) < 4.78 is 12.7. The average molecular weight is 483 g/mol. The van der Waals surface area contributed by atoms with Crippen molar-refractivity contribution in [3.05, 3.63) is 77.4 Å². The van der Waals surface area contributed by atoms with Gasteiger partial charge in [-0.1, -0.05) is 60.7 Å². The summed E-state index contributed by atoms with van der Waals surface area (Å²) in [6.45, 7) is 15.4. The lowest BCUT2D eigenvalue weighted by molar-refractivity contribution is 0.00578. The van der Waals surface area contributed by atoms with Crippen molar-refractivity contribution in [2.75, 3.05) is 13.1 Å². The molecule has 188 valence electrons. The first kappa shape index (κ1) is 25.2. The molecule has 0 saturated carbocycles. The van der Waals surface area contributed by atoms with Gasteiger partial charge >= 0.3 is 7.12 Å². The van der Waals surface area contributed by atoms with Crippen LogP contribution in [0.3, 0.4) is 0 Å². The van der Waals surface area contributed by atoms with Gasteiger partial charge in [0.2, 0.25) is 0 Å². The third-order valence-corrected chi connectivity index (χ3v) is 8.43. The highest BCUT2D eigenvalue weighted by molar-refractivity contribution is 6.62. The van der Waals surface area contributed by atoms with Gasteiger partial charge in [-0.05, 0) is 92.4 Å². The number of hydrogen-bond donors (Lipinski definition) is 1. The molecule has 0 radical (unpaired) electrons. The second kappa shape index (κ2) is 9.46. The first-order valence-corrected chi connectivity index (χ1v) is 13.1. The summed E-state index contributed by atoms with van der Waals surface area (Å²) in [5.74, 6) is 0. The monoisotopic (exact) mass is 483 g/mol. The molecule has 36 heavy (non-hydrogen) atoms. The summed E-state index contributed by atoms with van der Waals surface area (Å²) in [6.07, 6.45) is 0.695. The Kier molecular flexibility index (Phi) is 6.63. The van der Waals surface area contributed by atoms with E-state index in [4.69, 9.17) is 9.31 Å². The normalized spacial score (nSPS) is 21.3. The number of aliphatic hydroxyl groups excluding tert-OH is 1. The Bertz CT molecular complexity index is 1240. The fraction of sp³-hybridized carbons (Fsp3) is 0.419. The average Bonchev–Trinajstić information content (AvgIpc) is 3.33. The molecule has 2 heterocycles. The van der Waals surface area contributed by atoms with Crippen molar-refractivity contribution in [3.63, 3.8) is 0 Å². The summed E-state index contributed by atoms with van der Waals surface area (Å²) in [6, 6.07) is 21.9. The van der Waals surface area contributed by atoms with E-state index in [-0.39, 0.29) is 24.4 Å². The molecule has 0 aromatic heterocycles. The van der Waals surface area contributed by atoms with E-state index < -0.39 is 0 Å². The zero-order valence-corrected chi connectivity index (χ0v) is 22.5. The number of hydrogen-bond acceptors (Lipinski definition) is 4. The number of β-amino-alcohol motifs (C(OH)–C–C–N with tert-alkyl or cyclic N) is 1. The molecule has 0 bridgehead atoms. The molecule has 0 unspecified atom stereocenters. The molecule has 4 nitrogen and oxygen atoms in total. The van der Waals surface area contributed by atoms with Crippen LogP contribution in [0.1, 0.15) is 50.8 Å². The van der Waals surface area contributed by atoms with Crippen LogP contribution in [0, 0.1) is 13.8 Å². The van der Waals surface area contributed by atoms with Gasteiger partial charge in [0.25, 0.3) is 0 Å². The molecule has 5 heteroatoms. The zero-order chi connectivity index (χ0) is 25.7. The molecule has 3 aromatic rings. The van der Waals surface area contributed by atoms with Crippen molar-refractivity contribution in [1.82, 2.24) is 4.90 Å². The lowest BCUT2D eigenvalue weighted by atomic mass is 9.74. The van der Waals surface area contributed by atoms with Crippen LogP contribution in [0.15, 0.2) is 60.7 Å². The van der Waals surface area contributed by atoms with Crippen LogP contribution < -0.4 is 5.46 Å².